The number of aromatic amines is 1. The second-order valence-corrected chi connectivity index (χ2v) is 5.52. The molecule has 0 radical (unpaired) electrons. The SMILES string of the molecule is O=c1[nH]c2ccccc2cc1CNC[C@@H](O)c1ccc(F)cc1F. The van der Waals surface area contributed by atoms with E-state index in [0.29, 0.717) is 5.56 Å². The minimum atomic E-state index is -1.13. The van der Waals surface area contributed by atoms with Crippen LogP contribution in [0, 0.1) is 11.6 Å². The Hall–Kier alpha value is -2.57. The highest BCUT2D eigenvalue weighted by atomic mass is 19.1. The molecule has 0 bridgehead atoms. The summed E-state index contributed by atoms with van der Waals surface area (Å²) in [5.74, 6) is -1.49. The molecular weight excluding hydrogens is 314 g/mol. The number of pyridine rings is 1. The van der Waals surface area contributed by atoms with Gasteiger partial charge in [0.2, 0.25) is 0 Å². The predicted molar refractivity (Wildman–Crippen MR) is 87.6 cm³/mol. The van der Waals surface area contributed by atoms with Crippen LogP contribution in [0.2, 0.25) is 0 Å². The molecule has 1 atom stereocenters. The number of aliphatic hydroxyl groups excluding tert-OH is 1. The lowest BCUT2D eigenvalue weighted by atomic mass is 10.1. The lowest BCUT2D eigenvalue weighted by molar-refractivity contribution is 0.169. The predicted octanol–water partition coefficient (Wildman–Crippen LogP) is 2.63. The van der Waals surface area contributed by atoms with Gasteiger partial charge in [-0.15, -0.1) is 0 Å². The van der Waals surface area contributed by atoms with E-state index in [1.165, 1.54) is 6.07 Å². The zero-order valence-corrected chi connectivity index (χ0v) is 12.7. The molecule has 124 valence electrons. The van der Waals surface area contributed by atoms with Crippen molar-refractivity contribution in [2.24, 2.45) is 0 Å². The standard InChI is InChI=1S/C18H16F2N2O2/c19-13-5-6-14(15(20)8-13)17(23)10-21-9-12-7-11-3-1-2-4-16(11)22-18(12)24/h1-8,17,21,23H,9-10H2,(H,22,24)/t17-/m1/s1. The number of rotatable bonds is 5. The van der Waals surface area contributed by atoms with E-state index in [9.17, 15) is 18.7 Å². The molecule has 0 aliphatic rings. The summed E-state index contributed by atoms with van der Waals surface area (Å²) >= 11 is 0. The molecule has 1 aromatic heterocycles. The number of fused-ring (bicyclic) bond motifs is 1. The van der Waals surface area contributed by atoms with Gasteiger partial charge in [-0.25, -0.2) is 8.78 Å². The van der Waals surface area contributed by atoms with Crippen LogP contribution in [-0.4, -0.2) is 16.6 Å². The van der Waals surface area contributed by atoms with Crippen molar-refractivity contribution in [3.63, 3.8) is 0 Å². The van der Waals surface area contributed by atoms with Crippen LogP contribution in [0.4, 0.5) is 8.78 Å². The molecule has 0 unspecified atom stereocenters. The lowest BCUT2D eigenvalue weighted by Crippen LogP contribution is -2.25. The van der Waals surface area contributed by atoms with Crippen molar-refractivity contribution in [3.8, 4) is 0 Å². The maximum absolute atomic E-state index is 13.6. The van der Waals surface area contributed by atoms with E-state index in [1.807, 2.05) is 24.3 Å². The molecule has 4 nitrogen and oxygen atoms in total. The van der Waals surface area contributed by atoms with Crippen LogP contribution in [-0.2, 0) is 6.54 Å². The zero-order chi connectivity index (χ0) is 17.1. The van der Waals surface area contributed by atoms with Gasteiger partial charge < -0.3 is 15.4 Å². The first-order valence-corrected chi connectivity index (χ1v) is 7.49. The van der Waals surface area contributed by atoms with Crippen molar-refractivity contribution in [2.45, 2.75) is 12.6 Å². The Balaban J connectivity index is 1.68. The summed E-state index contributed by atoms with van der Waals surface area (Å²) in [4.78, 5) is 14.8. The third-order valence-electron chi connectivity index (χ3n) is 3.81. The molecule has 0 fully saturated rings. The van der Waals surface area contributed by atoms with Gasteiger partial charge in [0.25, 0.3) is 5.56 Å². The molecule has 3 aromatic rings. The van der Waals surface area contributed by atoms with E-state index in [4.69, 9.17) is 0 Å². The molecule has 0 amide bonds. The Kier molecular flexibility index (Phi) is 4.69. The fourth-order valence-corrected chi connectivity index (χ4v) is 2.55. The number of benzene rings is 2. The summed E-state index contributed by atoms with van der Waals surface area (Å²) in [6.45, 7) is 0.259. The molecule has 24 heavy (non-hydrogen) atoms. The lowest BCUT2D eigenvalue weighted by Gasteiger charge is -2.13. The van der Waals surface area contributed by atoms with Crippen molar-refractivity contribution in [3.05, 3.63) is 81.6 Å². The van der Waals surface area contributed by atoms with Gasteiger partial charge >= 0.3 is 0 Å². The summed E-state index contributed by atoms with van der Waals surface area (Å²) in [7, 11) is 0. The quantitative estimate of drug-likeness (QED) is 0.674. The van der Waals surface area contributed by atoms with Crippen molar-refractivity contribution < 1.29 is 13.9 Å². The van der Waals surface area contributed by atoms with Gasteiger partial charge in [0, 0.05) is 35.8 Å². The first-order valence-electron chi connectivity index (χ1n) is 7.49. The van der Waals surface area contributed by atoms with Crippen molar-refractivity contribution >= 4 is 10.9 Å². The summed E-state index contributed by atoms with van der Waals surface area (Å²) in [5, 5.41) is 13.8. The number of hydrogen-bond acceptors (Lipinski definition) is 3. The fraction of sp³-hybridized carbons (Fsp3) is 0.167. The summed E-state index contributed by atoms with van der Waals surface area (Å²) in [6.07, 6.45) is -1.13. The summed E-state index contributed by atoms with van der Waals surface area (Å²) in [6, 6.07) is 12.2. The maximum atomic E-state index is 13.6. The van der Waals surface area contributed by atoms with E-state index >= 15 is 0 Å². The van der Waals surface area contributed by atoms with Crippen LogP contribution in [0.3, 0.4) is 0 Å². The Morgan fingerprint density at radius 2 is 1.92 bits per heavy atom. The van der Waals surface area contributed by atoms with Crippen molar-refractivity contribution in [2.75, 3.05) is 6.54 Å². The Labute approximate surface area is 136 Å². The normalized spacial score (nSPS) is 12.5. The number of aromatic nitrogens is 1. The molecule has 3 N–H and O–H groups in total. The second kappa shape index (κ2) is 6.90. The van der Waals surface area contributed by atoms with Gasteiger partial charge in [-0.1, -0.05) is 24.3 Å². The Morgan fingerprint density at radius 3 is 2.71 bits per heavy atom. The number of para-hydroxylation sites is 1. The van der Waals surface area contributed by atoms with Crippen molar-refractivity contribution in [1.29, 1.82) is 0 Å². The molecule has 3 rings (SSSR count). The molecule has 2 aromatic carbocycles. The van der Waals surface area contributed by atoms with Gasteiger partial charge in [0.15, 0.2) is 0 Å². The maximum Gasteiger partial charge on any atom is 0.252 e. The van der Waals surface area contributed by atoms with Crippen LogP contribution in [0.1, 0.15) is 17.2 Å². The van der Waals surface area contributed by atoms with E-state index in [2.05, 4.69) is 10.3 Å². The molecule has 0 saturated carbocycles. The number of aliphatic hydroxyl groups is 1. The molecule has 0 aliphatic heterocycles. The smallest absolute Gasteiger partial charge is 0.252 e. The van der Waals surface area contributed by atoms with Crippen LogP contribution in [0.25, 0.3) is 10.9 Å². The minimum Gasteiger partial charge on any atom is -0.387 e. The fourth-order valence-electron chi connectivity index (χ4n) is 2.55. The van der Waals surface area contributed by atoms with Crippen LogP contribution in [0.5, 0.6) is 0 Å². The molecule has 6 heteroatoms. The van der Waals surface area contributed by atoms with E-state index in [0.717, 1.165) is 23.0 Å². The summed E-state index contributed by atoms with van der Waals surface area (Å²) < 4.78 is 26.5. The van der Waals surface area contributed by atoms with Crippen LogP contribution in [0.15, 0.2) is 53.3 Å². The molecule has 1 heterocycles. The van der Waals surface area contributed by atoms with Gasteiger partial charge in [-0.3, -0.25) is 4.79 Å². The Bertz CT molecular complexity index is 924. The van der Waals surface area contributed by atoms with Crippen molar-refractivity contribution in [1.82, 2.24) is 10.3 Å². The highest BCUT2D eigenvalue weighted by Crippen LogP contribution is 2.17. The van der Waals surface area contributed by atoms with Gasteiger partial charge in [-0.2, -0.15) is 0 Å². The van der Waals surface area contributed by atoms with Crippen LogP contribution < -0.4 is 10.9 Å². The third kappa shape index (κ3) is 3.50. The largest absolute Gasteiger partial charge is 0.387 e. The number of H-pyrrole nitrogens is 1. The average molecular weight is 330 g/mol. The topological polar surface area (TPSA) is 65.1 Å². The molecule has 0 aliphatic carbocycles. The van der Waals surface area contributed by atoms with E-state index in [-0.39, 0.29) is 24.2 Å². The highest BCUT2D eigenvalue weighted by Gasteiger charge is 2.13. The first kappa shape index (κ1) is 16.3. The third-order valence-corrected chi connectivity index (χ3v) is 3.81. The molecule has 0 spiro atoms. The monoisotopic (exact) mass is 330 g/mol. The highest BCUT2D eigenvalue weighted by molar-refractivity contribution is 5.78. The Morgan fingerprint density at radius 1 is 1.12 bits per heavy atom. The zero-order valence-electron chi connectivity index (χ0n) is 12.7. The first-order chi connectivity index (χ1) is 11.5. The average Bonchev–Trinajstić information content (AvgIpc) is 2.55. The molecule has 0 saturated heterocycles. The van der Waals surface area contributed by atoms with E-state index in [1.54, 1.807) is 6.07 Å². The second-order valence-electron chi connectivity index (χ2n) is 5.52. The van der Waals surface area contributed by atoms with E-state index < -0.39 is 17.7 Å². The summed E-state index contributed by atoms with van der Waals surface area (Å²) in [5.41, 5.74) is 1.06. The van der Waals surface area contributed by atoms with Gasteiger partial charge in [0.1, 0.15) is 11.6 Å². The minimum absolute atomic E-state index is 0.0105. The molecular formula is C18H16F2N2O2. The number of nitrogens with one attached hydrogen (secondary N) is 2. The van der Waals surface area contributed by atoms with Gasteiger partial charge in [0.05, 0.1) is 6.10 Å². The van der Waals surface area contributed by atoms with Gasteiger partial charge in [-0.05, 0) is 23.6 Å². The number of hydrogen-bond donors (Lipinski definition) is 3. The van der Waals surface area contributed by atoms with Crippen LogP contribution >= 0.6 is 0 Å². The number of halogens is 2.